The maximum atomic E-state index is 12.4. The highest BCUT2D eigenvalue weighted by atomic mass is 16.6. The van der Waals surface area contributed by atoms with Crippen LogP contribution in [-0.2, 0) is 23.0 Å². The second-order valence-corrected chi connectivity index (χ2v) is 6.85. The summed E-state index contributed by atoms with van der Waals surface area (Å²) in [6, 6.07) is -0.0883. The van der Waals surface area contributed by atoms with Crippen molar-refractivity contribution in [1.82, 2.24) is 14.7 Å². The van der Waals surface area contributed by atoms with Gasteiger partial charge in [0.05, 0.1) is 6.20 Å². The molecule has 0 saturated carbocycles. The van der Waals surface area contributed by atoms with E-state index in [0.29, 0.717) is 0 Å². The van der Waals surface area contributed by atoms with Crippen LogP contribution in [0, 0.1) is 0 Å². The maximum absolute atomic E-state index is 12.4. The van der Waals surface area contributed by atoms with Crippen molar-refractivity contribution in [2.24, 2.45) is 7.05 Å². The summed E-state index contributed by atoms with van der Waals surface area (Å²) >= 11 is 0. The van der Waals surface area contributed by atoms with Crippen molar-refractivity contribution in [1.29, 1.82) is 0 Å². The Bertz CT molecular complexity index is 476. The Hall–Kier alpha value is -1.36. The summed E-state index contributed by atoms with van der Waals surface area (Å²) < 4.78 is 7.38. The van der Waals surface area contributed by atoms with Crippen molar-refractivity contribution in [3.05, 3.63) is 18.0 Å². The van der Waals surface area contributed by atoms with Gasteiger partial charge < -0.3 is 4.74 Å². The highest BCUT2D eigenvalue weighted by Crippen LogP contribution is 2.21. The zero-order valence-electron chi connectivity index (χ0n) is 13.6. The molecule has 0 N–H and O–H groups in total. The van der Waals surface area contributed by atoms with Gasteiger partial charge in [-0.15, -0.1) is 0 Å². The molecule has 1 aromatic rings. The molecule has 1 aliphatic rings. The molecule has 0 aliphatic carbocycles. The van der Waals surface area contributed by atoms with Gasteiger partial charge in [0.25, 0.3) is 0 Å². The molecule has 0 bridgehead atoms. The first-order valence-corrected chi connectivity index (χ1v) is 7.79. The van der Waals surface area contributed by atoms with E-state index in [1.165, 1.54) is 5.56 Å². The molecular weight excluding hydrogens is 266 g/mol. The zero-order chi connectivity index (χ0) is 15.5. The van der Waals surface area contributed by atoms with E-state index < -0.39 is 5.60 Å². The molecule has 0 amide bonds. The summed E-state index contributed by atoms with van der Waals surface area (Å²) in [5.74, 6) is -0.0756. The van der Waals surface area contributed by atoms with Crippen molar-refractivity contribution < 1.29 is 9.53 Å². The Morgan fingerprint density at radius 2 is 2.19 bits per heavy atom. The Kier molecular flexibility index (Phi) is 5.04. The normalized spacial score (nSPS) is 20.5. The molecule has 1 fully saturated rings. The highest BCUT2D eigenvalue weighted by molar-refractivity contribution is 5.76. The van der Waals surface area contributed by atoms with Crippen molar-refractivity contribution >= 4 is 5.97 Å². The summed E-state index contributed by atoms with van der Waals surface area (Å²) in [4.78, 5) is 14.6. The number of esters is 1. The number of hydrogen-bond acceptors (Lipinski definition) is 4. The monoisotopic (exact) mass is 293 g/mol. The Balaban J connectivity index is 1.93. The summed E-state index contributed by atoms with van der Waals surface area (Å²) in [7, 11) is 1.92. The van der Waals surface area contributed by atoms with E-state index in [1.807, 2.05) is 44.9 Å². The summed E-state index contributed by atoms with van der Waals surface area (Å²) in [5, 5.41) is 4.19. The molecule has 1 aromatic heterocycles. The first kappa shape index (κ1) is 16.0. The fourth-order valence-corrected chi connectivity index (χ4v) is 2.77. The third-order valence-corrected chi connectivity index (χ3v) is 3.74. The van der Waals surface area contributed by atoms with Crippen LogP contribution in [0.15, 0.2) is 12.4 Å². The second kappa shape index (κ2) is 6.60. The number of aromatic nitrogens is 2. The summed E-state index contributed by atoms with van der Waals surface area (Å²) in [6.07, 6.45) is 8.02. The number of likely N-dealkylation sites (tertiary alicyclic amines) is 1. The Labute approximate surface area is 127 Å². The Morgan fingerprint density at radius 1 is 1.43 bits per heavy atom. The van der Waals surface area contributed by atoms with Gasteiger partial charge in [-0.3, -0.25) is 14.4 Å². The molecule has 5 nitrogen and oxygen atoms in total. The minimum atomic E-state index is -0.413. The van der Waals surface area contributed by atoms with Gasteiger partial charge >= 0.3 is 5.97 Å². The first-order valence-electron chi connectivity index (χ1n) is 7.79. The van der Waals surface area contributed by atoms with Crippen LogP contribution < -0.4 is 0 Å². The minimum Gasteiger partial charge on any atom is -0.459 e. The van der Waals surface area contributed by atoms with Crippen LogP contribution in [0.25, 0.3) is 0 Å². The van der Waals surface area contributed by atoms with Crippen molar-refractivity contribution in [3.63, 3.8) is 0 Å². The van der Waals surface area contributed by atoms with E-state index in [1.54, 1.807) is 0 Å². The van der Waals surface area contributed by atoms with Crippen LogP contribution in [0.2, 0.25) is 0 Å². The molecule has 1 atom stereocenters. The lowest BCUT2D eigenvalue weighted by molar-refractivity contribution is -0.162. The van der Waals surface area contributed by atoms with Gasteiger partial charge in [0, 0.05) is 19.8 Å². The maximum Gasteiger partial charge on any atom is 0.323 e. The largest absolute Gasteiger partial charge is 0.459 e. The average Bonchev–Trinajstić information content (AvgIpc) is 2.80. The molecule has 2 heterocycles. The van der Waals surface area contributed by atoms with E-state index in [-0.39, 0.29) is 12.0 Å². The van der Waals surface area contributed by atoms with Gasteiger partial charge in [-0.25, -0.2) is 0 Å². The van der Waals surface area contributed by atoms with E-state index in [4.69, 9.17) is 4.74 Å². The Morgan fingerprint density at radius 3 is 2.81 bits per heavy atom. The number of piperidine rings is 1. The zero-order valence-corrected chi connectivity index (χ0v) is 13.6. The first-order chi connectivity index (χ1) is 9.85. The van der Waals surface area contributed by atoms with Gasteiger partial charge in [-0.05, 0) is 52.1 Å². The fourth-order valence-electron chi connectivity index (χ4n) is 2.77. The van der Waals surface area contributed by atoms with Crippen LogP contribution in [0.3, 0.4) is 0 Å². The number of rotatable bonds is 4. The smallest absolute Gasteiger partial charge is 0.323 e. The number of carbonyl (C=O) groups is 1. The SMILES string of the molecule is Cn1cc(CCN2CCCC[C@@H]2C(=O)OC(C)(C)C)cn1. The molecule has 2 rings (SSSR count). The number of hydrogen-bond donors (Lipinski definition) is 0. The van der Waals surface area contributed by atoms with Crippen LogP contribution in [0.1, 0.15) is 45.6 Å². The van der Waals surface area contributed by atoms with Crippen LogP contribution in [0.4, 0.5) is 0 Å². The van der Waals surface area contributed by atoms with Crippen molar-refractivity contribution in [3.8, 4) is 0 Å². The minimum absolute atomic E-state index is 0.0756. The quantitative estimate of drug-likeness (QED) is 0.798. The summed E-state index contributed by atoms with van der Waals surface area (Å²) in [6.45, 7) is 7.63. The lowest BCUT2D eigenvalue weighted by Gasteiger charge is -2.35. The van der Waals surface area contributed by atoms with Gasteiger partial charge in [0.15, 0.2) is 0 Å². The second-order valence-electron chi connectivity index (χ2n) is 6.85. The lowest BCUT2D eigenvalue weighted by Crippen LogP contribution is -2.47. The molecule has 0 radical (unpaired) electrons. The average molecular weight is 293 g/mol. The van der Waals surface area contributed by atoms with Gasteiger partial charge in [-0.1, -0.05) is 6.42 Å². The van der Waals surface area contributed by atoms with E-state index >= 15 is 0 Å². The van der Waals surface area contributed by atoms with Gasteiger partial charge in [0.2, 0.25) is 0 Å². The molecule has 21 heavy (non-hydrogen) atoms. The van der Waals surface area contributed by atoms with E-state index in [2.05, 4.69) is 10.00 Å². The molecule has 1 saturated heterocycles. The topological polar surface area (TPSA) is 47.4 Å². The third kappa shape index (κ3) is 4.84. The predicted octanol–water partition coefficient (Wildman–Crippen LogP) is 2.16. The van der Waals surface area contributed by atoms with E-state index in [9.17, 15) is 4.79 Å². The fraction of sp³-hybridized carbons (Fsp3) is 0.750. The molecule has 5 heteroatoms. The van der Waals surface area contributed by atoms with Gasteiger partial charge in [-0.2, -0.15) is 5.10 Å². The number of aryl methyl sites for hydroxylation is 1. The standard InChI is InChI=1S/C16H27N3O2/c1-16(2,3)21-15(20)14-7-5-6-9-19(14)10-8-13-11-17-18(4)12-13/h11-12,14H,5-10H2,1-4H3/t14-/m1/s1. The van der Waals surface area contributed by atoms with E-state index in [0.717, 1.165) is 38.8 Å². The summed E-state index contributed by atoms with van der Waals surface area (Å²) in [5.41, 5.74) is 0.801. The lowest BCUT2D eigenvalue weighted by atomic mass is 10.0. The van der Waals surface area contributed by atoms with Crippen molar-refractivity contribution in [2.75, 3.05) is 13.1 Å². The molecule has 0 aromatic carbocycles. The number of ether oxygens (including phenoxy) is 1. The van der Waals surface area contributed by atoms with Crippen LogP contribution in [0.5, 0.6) is 0 Å². The van der Waals surface area contributed by atoms with Crippen LogP contribution in [-0.4, -0.2) is 45.4 Å². The van der Waals surface area contributed by atoms with Crippen LogP contribution >= 0.6 is 0 Å². The molecule has 118 valence electrons. The number of nitrogens with zero attached hydrogens (tertiary/aromatic N) is 3. The van der Waals surface area contributed by atoms with Crippen molar-refractivity contribution in [2.45, 2.75) is 58.1 Å². The molecule has 0 spiro atoms. The van der Waals surface area contributed by atoms with Gasteiger partial charge in [0.1, 0.15) is 11.6 Å². The molecular formula is C16H27N3O2. The highest BCUT2D eigenvalue weighted by Gasteiger charge is 2.32. The molecule has 1 aliphatic heterocycles. The molecule has 0 unspecified atom stereocenters. The number of carbonyl (C=O) groups excluding carboxylic acids is 1. The predicted molar refractivity (Wildman–Crippen MR) is 82.0 cm³/mol. The third-order valence-electron chi connectivity index (χ3n) is 3.74.